The highest BCUT2D eigenvalue weighted by molar-refractivity contribution is 7.88. The number of sulfonamides is 1. The lowest BCUT2D eigenvalue weighted by molar-refractivity contribution is -0.128. The van der Waals surface area contributed by atoms with Gasteiger partial charge in [0, 0.05) is 25.0 Å². The van der Waals surface area contributed by atoms with E-state index in [2.05, 4.69) is 5.32 Å². The number of nitrogens with zero attached hydrogens (tertiary/aromatic N) is 1. The molecule has 108 valence electrons. The van der Waals surface area contributed by atoms with E-state index in [0.29, 0.717) is 19.6 Å². The van der Waals surface area contributed by atoms with Crippen LogP contribution in [0, 0.1) is 5.41 Å². The summed E-state index contributed by atoms with van der Waals surface area (Å²) in [4.78, 5) is 11.6. The van der Waals surface area contributed by atoms with Crippen LogP contribution in [0.5, 0.6) is 0 Å². The molecule has 0 saturated carbocycles. The zero-order valence-corrected chi connectivity index (χ0v) is 12.9. The lowest BCUT2D eigenvalue weighted by atomic mass is 9.96. The monoisotopic (exact) mass is 278 g/mol. The molecule has 0 saturated heterocycles. The molecule has 0 aliphatic carbocycles. The van der Waals surface area contributed by atoms with Crippen molar-refractivity contribution < 1.29 is 13.2 Å². The van der Waals surface area contributed by atoms with E-state index in [-0.39, 0.29) is 5.91 Å². The molecule has 0 rings (SSSR count). The molecule has 0 heterocycles. The fourth-order valence-electron chi connectivity index (χ4n) is 1.34. The Balaban J connectivity index is 4.25. The van der Waals surface area contributed by atoms with Gasteiger partial charge in [0.1, 0.15) is 0 Å². The third kappa shape index (κ3) is 6.96. The van der Waals surface area contributed by atoms with Crippen LogP contribution in [0.1, 0.15) is 40.5 Å². The molecule has 6 heteroatoms. The SMILES string of the molecule is CCCCN(CCNC(=O)C(C)(C)C)S(C)(=O)=O. The number of hydrogen-bond donors (Lipinski definition) is 1. The Kier molecular flexibility index (Phi) is 6.84. The van der Waals surface area contributed by atoms with Crippen LogP contribution in [0.2, 0.25) is 0 Å². The second-order valence-electron chi connectivity index (χ2n) is 5.52. The van der Waals surface area contributed by atoms with E-state index in [1.54, 1.807) is 0 Å². The summed E-state index contributed by atoms with van der Waals surface area (Å²) in [7, 11) is -3.19. The Labute approximate surface area is 111 Å². The van der Waals surface area contributed by atoms with Crippen molar-refractivity contribution in [1.29, 1.82) is 0 Å². The van der Waals surface area contributed by atoms with Crippen LogP contribution in [-0.4, -0.2) is 44.5 Å². The van der Waals surface area contributed by atoms with Gasteiger partial charge in [0.25, 0.3) is 0 Å². The summed E-state index contributed by atoms with van der Waals surface area (Å²) in [6.45, 7) is 8.70. The van der Waals surface area contributed by atoms with Gasteiger partial charge in [-0.25, -0.2) is 12.7 Å². The standard InChI is InChI=1S/C12H26N2O3S/c1-6-7-9-14(18(5,16)17)10-8-13-11(15)12(2,3)4/h6-10H2,1-5H3,(H,13,15). The van der Waals surface area contributed by atoms with Crippen molar-refractivity contribution >= 4 is 15.9 Å². The van der Waals surface area contributed by atoms with E-state index in [0.717, 1.165) is 12.8 Å². The minimum atomic E-state index is -3.19. The van der Waals surface area contributed by atoms with Crippen LogP contribution in [0.15, 0.2) is 0 Å². The predicted octanol–water partition coefficient (Wildman–Crippen LogP) is 1.21. The number of carbonyl (C=O) groups excluding carboxylic acids is 1. The second-order valence-corrected chi connectivity index (χ2v) is 7.50. The number of carbonyl (C=O) groups is 1. The van der Waals surface area contributed by atoms with Crippen molar-refractivity contribution in [2.24, 2.45) is 5.41 Å². The van der Waals surface area contributed by atoms with Gasteiger partial charge in [-0.1, -0.05) is 34.1 Å². The van der Waals surface area contributed by atoms with Crippen molar-refractivity contribution in [3.05, 3.63) is 0 Å². The van der Waals surface area contributed by atoms with E-state index >= 15 is 0 Å². The maximum atomic E-state index is 11.6. The largest absolute Gasteiger partial charge is 0.354 e. The summed E-state index contributed by atoms with van der Waals surface area (Å²) >= 11 is 0. The lowest BCUT2D eigenvalue weighted by Crippen LogP contribution is -2.41. The molecule has 0 radical (unpaired) electrons. The van der Waals surface area contributed by atoms with Gasteiger partial charge in [-0.15, -0.1) is 0 Å². The number of nitrogens with one attached hydrogen (secondary N) is 1. The van der Waals surface area contributed by atoms with E-state index in [1.165, 1.54) is 10.6 Å². The molecule has 1 N–H and O–H groups in total. The van der Waals surface area contributed by atoms with Crippen LogP contribution >= 0.6 is 0 Å². The van der Waals surface area contributed by atoms with Gasteiger partial charge in [0.15, 0.2) is 0 Å². The molecule has 0 aromatic rings. The smallest absolute Gasteiger partial charge is 0.225 e. The highest BCUT2D eigenvalue weighted by Gasteiger charge is 2.21. The molecule has 1 amide bonds. The normalized spacial score (nSPS) is 12.8. The number of amides is 1. The first kappa shape index (κ1) is 17.4. The zero-order valence-electron chi connectivity index (χ0n) is 12.1. The van der Waals surface area contributed by atoms with Crippen LogP contribution in [0.4, 0.5) is 0 Å². The first-order valence-corrected chi connectivity index (χ1v) is 8.17. The molecule has 0 aromatic heterocycles. The first-order chi connectivity index (χ1) is 8.09. The molecular formula is C12H26N2O3S. The highest BCUT2D eigenvalue weighted by Crippen LogP contribution is 2.12. The van der Waals surface area contributed by atoms with E-state index in [9.17, 15) is 13.2 Å². The highest BCUT2D eigenvalue weighted by atomic mass is 32.2. The average Bonchev–Trinajstić information content (AvgIpc) is 2.19. The average molecular weight is 278 g/mol. The molecule has 0 bridgehead atoms. The molecule has 0 aromatic carbocycles. The minimum Gasteiger partial charge on any atom is -0.354 e. The molecular weight excluding hydrogens is 252 g/mol. The van der Waals surface area contributed by atoms with E-state index in [1.807, 2.05) is 27.7 Å². The fourth-order valence-corrected chi connectivity index (χ4v) is 2.22. The van der Waals surface area contributed by atoms with Crippen molar-refractivity contribution in [2.75, 3.05) is 25.9 Å². The molecule has 0 fully saturated rings. The zero-order chi connectivity index (χ0) is 14.4. The van der Waals surface area contributed by atoms with E-state index in [4.69, 9.17) is 0 Å². The Morgan fingerprint density at radius 3 is 2.17 bits per heavy atom. The molecule has 0 spiro atoms. The van der Waals surface area contributed by atoms with E-state index < -0.39 is 15.4 Å². The maximum absolute atomic E-state index is 11.6. The summed E-state index contributed by atoms with van der Waals surface area (Å²) in [6, 6.07) is 0. The fraction of sp³-hybridized carbons (Fsp3) is 0.917. The van der Waals surface area contributed by atoms with Crippen molar-refractivity contribution in [3.63, 3.8) is 0 Å². The summed E-state index contributed by atoms with van der Waals surface area (Å²) in [5.41, 5.74) is -0.445. The third-order valence-corrected chi connectivity index (χ3v) is 3.86. The number of hydrogen-bond acceptors (Lipinski definition) is 3. The Bertz CT molecular complexity index is 358. The van der Waals surface area contributed by atoms with Crippen LogP contribution in [0.3, 0.4) is 0 Å². The van der Waals surface area contributed by atoms with Crippen molar-refractivity contribution in [3.8, 4) is 0 Å². The summed E-state index contributed by atoms with van der Waals surface area (Å²) in [5, 5.41) is 2.76. The molecule has 5 nitrogen and oxygen atoms in total. The van der Waals surface area contributed by atoms with Gasteiger partial charge < -0.3 is 5.32 Å². The second kappa shape index (κ2) is 7.09. The first-order valence-electron chi connectivity index (χ1n) is 6.32. The summed E-state index contributed by atoms with van der Waals surface area (Å²) in [6.07, 6.45) is 2.98. The molecule has 0 unspecified atom stereocenters. The molecule has 0 atom stereocenters. The summed E-state index contributed by atoms with van der Waals surface area (Å²) in [5.74, 6) is -0.0635. The molecule has 0 aliphatic heterocycles. The molecule has 18 heavy (non-hydrogen) atoms. The van der Waals surface area contributed by atoms with Crippen molar-refractivity contribution in [2.45, 2.75) is 40.5 Å². The van der Waals surface area contributed by atoms with Gasteiger partial charge in [0.05, 0.1) is 6.26 Å². The van der Waals surface area contributed by atoms with Gasteiger partial charge in [-0.3, -0.25) is 4.79 Å². The third-order valence-electron chi connectivity index (χ3n) is 2.56. The lowest BCUT2D eigenvalue weighted by Gasteiger charge is -2.22. The number of unbranched alkanes of at least 4 members (excludes halogenated alkanes) is 1. The van der Waals surface area contributed by atoms with Crippen LogP contribution in [0.25, 0.3) is 0 Å². The Hall–Kier alpha value is -0.620. The topological polar surface area (TPSA) is 66.5 Å². The minimum absolute atomic E-state index is 0.0635. The predicted molar refractivity (Wildman–Crippen MR) is 73.8 cm³/mol. The van der Waals surface area contributed by atoms with Gasteiger partial charge in [0.2, 0.25) is 15.9 Å². The quantitative estimate of drug-likeness (QED) is 0.761. The Morgan fingerprint density at radius 2 is 1.78 bits per heavy atom. The summed E-state index contributed by atoms with van der Waals surface area (Å²) < 4.78 is 24.5. The van der Waals surface area contributed by atoms with Crippen molar-refractivity contribution in [1.82, 2.24) is 9.62 Å². The number of rotatable bonds is 7. The van der Waals surface area contributed by atoms with Gasteiger partial charge in [-0.05, 0) is 6.42 Å². The maximum Gasteiger partial charge on any atom is 0.225 e. The van der Waals surface area contributed by atoms with Crippen LogP contribution < -0.4 is 5.32 Å². The van der Waals surface area contributed by atoms with Gasteiger partial charge >= 0.3 is 0 Å². The Morgan fingerprint density at radius 1 is 1.22 bits per heavy atom. The molecule has 0 aliphatic rings. The van der Waals surface area contributed by atoms with Crippen LogP contribution in [-0.2, 0) is 14.8 Å². The van der Waals surface area contributed by atoms with Gasteiger partial charge in [-0.2, -0.15) is 0 Å².